The highest BCUT2D eigenvalue weighted by atomic mass is 32.2. The van der Waals surface area contributed by atoms with Gasteiger partial charge in [-0.25, -0.2) is 0 Å². The predicted molar refractivity (Wildman–Crippen MR) is 94.1 cm³/mol. The van der Waals surface area contributed by atoms with Crippen molar-refractivity contribution in [1.82, 2.24) is 0 Å². The Labute approximate surface area is 141 Å². The zero-order chi connectivity index (χ0) is 17.0. The molecule has 3 nitrogen and oxygen atoms in total. The van der Waals surface area contributed by atoms with Crippen molar-refractivity contribution in [3.05, 3.63) is 90.0 Å². The van der Waals surface area contributed by atoms with E-state index in [1.165, 1.54) is 6.07 Å². The number of benzene rings is 3. The van der Waals surface area contributed by atoms with Crippen LogP contribution in [0.15, 0.2) is 83.8 Å². The van der Waals surface area contributed by atoms with Crippen LogP contribution in [-0.2, 0) is 10.1 Å². The Balaban J connectivity index is 2.09. The lowest BCUT2D eigenvalue weighted by atomic mass is 10.00. The molecule has 0 aliphatic carbocycles. The highest BCUT2D eigenvalue weighted by Gasteiger charge is 2.13. The van der Waals surface area contributed by atoms with Gasteiger partial charge >= 0.3 is 0 Å². The Kier molecular flexibility index (Phi) is 4.48. The molecule has 0 atom stereocenters. The summed E-state index contributed by atoms with van der Waals surface area (Å²) in [7, 11) is -4.30. The normalized spacial score (nSPS) is 10.7. The molecule has 0 bridgehead atoms. The van der Waals surface area contributed by atoms with Gasteiger partial charge in [-0.15, -0.1) is 0 Å². The first kappa shape index (κ1) is 16.0. The highest BCUT2D eigenvalue weighted by Crippen LogP contribution is 2.23. The van der Waals surface area contributed by atoms with E-state index in [4.69, 9.17) is 0 Å². The van der Waals surface area contributed by atoms with Crippen LogP contribution in [0.3, 0.4) is 0 Å². The van der Waals surface area contributed by atoms with Crippen LogP contribution in [0.4, 0.5) is 0 Å². The van der Waals surface area contributed by atoms with E-state index in [9.17, 15) is 13.0 Å². The molecule has 1 N–H and O–H groups in total. The Morgan fingerprint density at radius 2 is 1.21 bits per heavy atom. The summed E-state index contributed by atoms with van der Waals surface area (Å²) in [4.78, 5) is -0.185. The molecule has 0 aliphatic heterocycles. The molecule has 0 amide bonds. The van der Waals surface area contributed by atoms with Gasteiger partial charge in [-0.3, -0.25) is 4.55 Å². The van der Waals surface area contributed by atoms with Crippen LogP contribution in [-0.4, -0.2) is 13.0 Å². The van der Waals surface area contributed by atoms with Crippen molar-refractivity contribution >= 4 is 10.1 Å². The summed E-state index contributed by atoms with van der Waals surface area (Å²) in [5, 5.41) is 0. The topological polar surface area (TPSA) is 54.4 Å². The maximum absolute atomic E-state index is 11.4. The summed E-state index contributed by atoms with van der Waals surface area (Å²) in [5.74, 6) is 5.87. The molecular formula is C20H14O3S. The lowest BCUT2D eigenvalue weighted by Gasteiger charge is -2.04. The van der Waals surface area contributed by atoms with Crippen molar-refractivity contribution in [2.24, 2.45) is 0 Å². The van der Waals surface area contributed by atoms with E-state index < -0.39 is 10.1 Å². The van der Waals surface area contributed by atoms with Crippen molar-refractivity contribution in [3.8, 4) is 23.0 Å². The van der Waals surface area contributed by atoms with E-state index in [2.05, 4.69) is 11.8 Å². The van der Waals surface area contributed by atoms with Gasteiger partial charge in [0.15, 0.2) is 0 Å². The van der Waals surface area contributed by atoms with Crippen LogP contribution < -0.4 is 0 Å². The maximum Gasteiger partial charge on any atom is 0.295 e. The number of hydrogen-bond donors (Lipinski definition) is 1. The molecule has 4 heteroatoms. The molecule has 0 spiro atoms. The van der Waals surface area contributed by atoms with Crippen LogP contribution in [0, 0.1) is 11.8 Å². The van der Waals surface area contributed by atoms with Gasteiger partial charge in [-0.05, 0) is 29.3 Å². The van der Waals surface area contributed by atoms with Crippen LogP contribution in [0.5, 0.6) is 0 Å². The largest absolute Gasteiger partial charge is 0.295 e. The van der Waals surface area contributed by atoms with Crippen molar-refractivity contribution in [3.63, 3.8) is 0 Å². The quantitative estimate of drug-likeness (QED) is 0.569. The average molecular weight is 334 g/mol. The molecule has 24 heavy (non-hydrogen) atoms. The Bertz CT molecular complexity index is 1030. The molecule has 118 valence electrons. The molecule has 0 aromatic heterocycles. The smallest absolute Gasteiger partial charge is 0.282 e. The third-order valence-electron chi connectivity index (χ3n) is 3.51. The fraction of sp³-hybridized carbons (Fsp3) is 0. The first-order valence-electron chi connectivity index (χ1n) is 7.29. The molecule has 3 aromatic carbocycles. The lowest BCUT2D eigenvalue weighted by Crippen LogP contribution is -2.00. The summed E-state index contributed by atoms with van der Waals surface area (Å²) in [6, 6.07) is 23.6. The van der Waals surface area contributed by atoms with Crippen LogP contribution in [0.1, 0.15) is 11.1 Å². The first-order chi connectivity index (χ1) is 11.6. The SMILES string of the molecule is O=S(=O)(O)c1ccccc1C#Cc1ccccc1-c1ccccc1. The molecule has 0 saturated carbocycles. The van der Waals surface area contributed by atoms with Gasteiger partial charge in [0, 0.05) is 11.1 Å². The van der Waals surface area contributed by atoms with E-state index in [-0.39, 0.29) is 10.5 Å². The molecule has 0 saturated heterocycles. The third-order valence-corrected chi connectivity index (χ3v) is 4.42. The van der Waals surface area contributed by atoms with Crippen molar-refractivity contribution < 1.29 is 13.0 Å². The van der Waals surface area contributed by atoms with E-state index in [1.54, 1.807) is 18.2 Å². The molecule has 0 radical (unpaired) electrons. The maximum atomic E-state index is 11.4. The van der Waals surface area contributed by atoms with Crippen LogP contribution in [0.2, 0.25) is 0 Å². The zero-order valence-electron chi connectivity index (χ0n) is 12.7. The second-order valence-electron chi connectivity index (χ2n) is 5.13. The van der Waals surface area contributed by atoms with E-state index in [0.717, 1.165) is 16.7 Å². The fourth-order valence-electron chi connectivity index (χ4n) is 2.39. The summed E-state index contributed by atoms with van der Waals surface area (Å²) in [5.41, 5.74) is 3.05. The Hall–Kier alpha value is -2.87. The average Bonchev–Trinajstić information content (AvgIpc) is 2.60. The molecule has 0 aliphatic rings. The van der Waals surface area contributed by atoms with Gasteiger partial charge in [0.2, 0.25) is 0 Å². The second-order valence-corrected chi connectivity index (χ2v) is 6.52. The molecular weight excluding hydrogens is 320 g/mol. The lowest BCUT2D eigenvalue weighted by molar-refractivity contribution is 0.483. The molecule has 0 fully saturated rings. The van der Waals surface area contributed by atoms with Gasteiger partial charge in [0.1, 0.15) is 4.90 Å². The van der Waals surface area contributed by atoms with Gasteiger partial charge in [0.25, 0.3) is 10.1 Å². The fourth-order valence-corrected chi connectivity index (χ4v) is 3.04. The highest BCUT2D eigenvalue weighted by molar-refractivity contribution is 7.85. The predicted octanol–water partition coefficient (Wildman–Crippen LogP) is 4.00. The van der Waals surface area contributed by atoms with Crippen molar-refractivity contribution in [1.29, 1.82) is 0 Å². The first-order valence-corrected chi connectivity index (χ1v) is 8.73. The van der Waals surface area contributed by atoms with Crippen molar-refractivity contribution in [2.45, 2.75) is 4.90 Å². The molecule has 0 unspecified atom stereocenters. The summed E-state index contributed by atoms with van der Waals surface area (Å²) in [6.45, 7) is 0. The summed E-state index contributed by atoms with van der Waals surface area (Å²) in [6.07, 6.45) is 0. The molecule has 3 rings (SSSR count). The third kappa shape index (κ3) is 3.54. The van der Waals surface area contributed by atoms with Crippen LogP contribution >= 0.6 is 0 Å². The van der Waals surface area contributed by atoms with Gasteiger partial charge < -0.3 is 0 Å². The standard InChI is InChI=1S/C20H14O3S/c21-24(22,23)20-13-7-5-11-18(20)15-14-17-10-4-6-12-19(17)16-8-2-1-3-9-16/h1-13H,(H,21,22,23). The van der Waals surface area contributed by atoms with E-state index in [0.29, 0.717) is 0 Å². The minimum Gasteiger partial charge on any atom is -0.282 e. The van der Waals surface area contributed by atoms with E-state index in [1.807, 2.05) is 54.6 Å². The monoisotopic (exact) mass is 334 g/mol. The zero-order valence-corrected chi connectivity index (χ0v) is 13.5. The molecule has 0 heterocycles. The summed E-state index contributed by atoms with van der Waals surface area (Å²) < 4.78 is 32.2. The van der Waals surface area contributed by atoms with Gasteiger partial charge in [-0.1, -0.05) is 72.5 Å². The Morgan fingerprint density at radius 3 is 1.92 bits per heavy atom. The number of hydrogen-bond acceptors (Lipinski definition) is 2. The second kappa shape index (κ2) is 6.71. The van der Waals surface area contributed by atoms with Gasteiger partial charge in [-0.2, -0.15) is 8.42 Å². The van der Waals surface area contributed by atoms with Crippen molar-refractivity contribution in [2.75, 3.05) is 0 Å². The number of rotatable bonds is 2. The Morgan fingerprint density at radius 1 is 0.667 bits per heavy atom. The minimum atomic E-state index is -4.30. The van der Waals surface area contributed by atoms with Crippen LogP contribution in [0.25, 0.3) is 11.1 Å². The van der Waals surface area contributed by atoms with E-state index >= 15 is 0 Å². The molecule has 3 aromatic rings. The summed E-state index contributed by atoms with van der Waals surface area (Å²) >= 11 is 0. The minimum absolute atomic E-state index is 0.185. The van der Waals surface area contributed by atoms with Gasteiger partial charge in [0.05, 0.1) is 0 Å².